The molecule has 1 aliphatic carbocycles. The van der Waals surface area contributed by atoms with Crippen LogP contribution in [0.4, 0.5) is 0 Å². The number of carboxylic acid groups (broad SMARTS) is 2. The van der Waals surface area contributed by atoms with E-state index in [2.05, 4.69) is 6.92 Å². The van der Waals surface area contributed by atoms with Crippen molar-refractivity contribution in [1.29, 1.82) is 0 Å². The zero-order valence-corrected chi connectivity index (χ0v) is 20.9. The summed E-state index contributed by atoms with van der Waals surface area (Å²) in [6, 6.07) is 0. The number of carbonyl (C=O) groups is 3. The smallest absolute Gasteiger partial charge is 0.309 e. The number of hydrogen-bond donors (Lipinski definition) is 2. The molecule has 192 valence electrons. The zero-order valence-electron chi connectivity index (χ0n) is 20.9. The van der Waals surface area contributed by atoms with Gasteiger partial charge in [0, 0.05) is 0 Å². The van der Waals surface area contributed by atoms with Gasteiger partial charge in [-0.15, -0.1) is 0 Å². The third kappa shape index (κ3) is 13.0. The minimum absolute atomic E-state index is 0.290. The predicted octanol–water partition coefficient (Wildman–Crippen LogP) is 6.99. The maximum absolute atomic E-state index is 12.4. The van der Waals surface area contributed by atoms with E-state index in [0.29, 0.717) is 19.3 Å². The maximum Gasteiger partial charge on any atom is 0.309 e. The van der Waals surface area contributed by atoms with Crippen molar-refractivity contribution in [2.45, 2.75) is 129 Å². The van der Waals surface area contributed by atoms with E-state index in [0.717, 1.165) is 19.3 Å². The summed E-state index contributed by atoms with van der Waals surface area (Å²) in [6.07, 6.45) is 21.6. The third-order valence-corrected chi connectivity index (χ3v) is 7.04. The topological polar surface area (TPSA) is 101 Å². The summed E-state index contributed by atoms with van der Waals surface area (Å²) in [5, 5.41) is 18.7. The monoisotopic (exact) mass is 468 g/mol. The van der Waals surface area contributed by atoms with Crippen LogP contribution in [-0.2, 0) is 19.1 Å². The van der Waals surface area contributed by atoms with Crippen molar-refractivity contribution in [3.05, 3.63) is 0 Å². The Kier molecular flexibility index (Phi) is 16.8. The van der Waals surface area contributed by atoms with Crippen LogP contribution in [0.25, 0.3) is 0 Å². The van der Waals surface area contributed by atoms with Gasteiger partial charge in [0.1, 0.15) is 0 Å². The summed E-state index contributed by atoms with van der Waals surface area (Å²) >= 11 is 0. The van der Waals surface area contributed by atoms with Crippen molar-refractivity contribution in [1.82, 2.24) is 0 Å². The number of esters is 1. The van der Waals surface area contributed by atoms with Gasteiger partial charge >= 0.3 is 17.9 Å². The first-order chi connectivity index (χ1) is 16.0. The molecule has 3 unspecified atom stereocenters. The van der Waals surface area contributed by atoms with Gasteiger partial charge in [0.05, 0.1) is 24.4 Å². The average Bonchev–Trinajstić information content (AvgIpc) is 2.80. The van der Waals surface area contributed by atoms with Crippen molar-refractivity contribution in [2.24, 2.45) is 17.8 Å². The fraction of sp³-hybridized carbons (Fsp3) is 0.889. The van der Waals surface area contributed by atoms with Gasteiger partial charge in [0.15, 0.2) is 0 Å². The largest absolute Gasteiger partial charge is 0.481 e. The second-order valence-electron chi connectivity index (χ2n) is 9.82. The molecule has 1 saturated carbocycles. The molecule has 0 amide bonds. The molecule has 1 fully saturated rings. The van der Waals surface area contributed by atoms with Crippen molar-refractivity contribution >= 4 is 17.9 Å². The summed E-state index contributed by atoms with van der Waals surface area (Å²) < 4.78 is 5.31. The Morgan fingerprint density at radius 1 is 0.636 bits per heavy atom. The summed E-state index contributed by atoms with van der Waals surface area (Å²) in [6.45, 7) is 2.55. The van der Waals surface area contributed by atoms with Gasteiger partial charge in [-0.2, -0.15) is 0 Å². The Bertz CT molecular complexity index is 547. The predicted molar refractivity (Wildman–Crippen MR) is 130 cm³/mol. The highest BCUT2D eigenvalue weighted by Crippen LogP contribution is 2.36. The van der Waals surface area contributed by atoms with Gasteiger partial charge in [-0.3, -0.25) is 14.4 Å². The lowest BCUT2D eigenvalue weighted by Crippen LogP contribution is -2.42. The minimum atomic E-state index is -1.22. The van der Waals surface area contributed by atoms with Gasteiger partial charge in [0.25, 0.3) is 0 Å². The van der Waals surface area contributed by atoms with Crippen molar-refractivity contribution in [3.63, 3.8) is 0 Å². The van der Waals surface area contributed by atoms with Crippen LogP contribution in [0.2, 0.25) is 0 Å². The molecule has 0 aromatic carbocycles. The molecule has 0 saturated heterocycles. The second-order valence-corrected chi connectivity index (χ2v) is 9.82. The number of rotatable bonds is 20. The van der Waals surface area contributed by atoms with Crippen LogP contribution in [0.3, 0.4) is 0 Å². The summed E-state index contributed by atoms with van der Waals surface area (Å²) in [7, 11) is 0. The Morgan fingerprint density at radius 2 is 1.06 bits per heavy atom. The van der Waals surface area contributed by atoms with E-state index in [9.17, 15) is 24.6 Å². The van der Waals surface area contributed by atoms with Gasteiger partial charge < -0.3 is 14.9 Å². The molecule has 1 aliphatic rings. The minimum Gasteiger partial charge on any atom is -0.481 e. The average molecular weight is 469 g/mol. The van der Waals surface area contributed by atoms with Gasteiger partial charge in [-0.05, 0) is 19.3 Å². The number of ether oxygens (including phenoxy) is 1. The van der Waals surface area contributed by atoms with E-state index in [1.807, 2.05) is 0 Å². The molecule has 0 aliphatic heterocycles. The van der Waals surface area contributed by atoms with E-state index >= 15 is 0 Å². The SMILES string of the molecule is CCCCCCCCCCCCCCCCCCOC(=O)C1CCCC(C(=O)O)C1C(=O)O. The van der Waals surface area contributed by atoms with Crippen LogP contribution < -0.4 is 0 Å². The van der Waals surface area contributed by atoms with Crippen LogP contribution in [0.5, 0.6) is 0 Å². The first-order valence-corrected chi connectivity index (χ1v) is 13.6. The van der Waals surface area contributed by atoms with Gasteiger partial charge in [-0.25, -0.2) is 0 Å². The van der Waals surface area contributed by atoms with Gasteiger partial charge in [0.2, 0.25) is 0 Å². The van der Waals surface area contributed by atoms with E-state index < -0.39 is 35.7 Å². The van der Waals surface area contributed by atoms with Crippen LogP contribution in [0.1, 0.15) is 129 Å². The van der Waals surface area contributed by atoms with Crippen LogP contribution in [0, 0.1) is 17.8 Å². The lowest BCUT2D eigenvalue weighted by atomic mass is 9.72. The molecule has 3 atom stereocenters. The first kappa shape index (κ1) is 29.4. The molecule has 0 heterocycles. The molecule has 0 aromatic heterocycles. The lowest BCUT2D eigenvalue weighted by molar-refractivity contribution is -0.167. The second kappa shape index (κ2) is 18.8. The summed E-state index contributed by atoms with van der Waals surface area (Å²) in [5.74, 6) is -5.95. The lowest BCUT2D eigenvalue weighted by Gasteiger charge is -2.31. The van der Waals surface area contributed by atoms with Crippen LogP contribution in [0.15, 0.2) is 0 Å². The molecule has 2 N–H and O–H groups in total. The Morgan fingerprint density at radius 3 is 1.48 bits per heavy atom. The van der Waals surface area contributed by atoms with Crippen molar-refractivity contribution in [2.75, 3.05) is 6.61 Å². The third-order valence-electron chi connectivity index (χ3n) is 7.04. The van der Waals surface area contributed by atoms with Gasteiger partial charge in [-0.1, -0.05) is 110 Å². The fourth-order valence-corrected chi connectivity index (χ4v) is 5.01. The highest BCUT2D eigenvalue weighted by Gasteiger charge is 2.46. The maximum atomic E-state index is 12.4. The van der Waals surface area contributed by atoms with E-state index in [4.69, 9.17) is 4.74 Å². The highest BCUT2D eigenvalue weighted by atomic mass is 16.5. The molecule has 0 spiro atoms. The molecule has 6 nitrogen and oxygen atoms in total. The van der Waals surface area contributed by atoms with E-state index in [1.54, 1.807) is 0 Å². The fourth-order valence-electron chi connectivity index (χ4n) is 5.01. The number of unbranched alkanes of at least 4 members (excludes halogenated alkanes) is 15. The standard InChI is InChI=1S/C27H48O6/c1-2-3-4-5-6-7-8-9-10-11-12-13-14-15-16-17-21-33-27(32)23-20-18-19-22(25(28)29)24(23)26(30)31/h22-24H,2-21H2,1H3,(H,28,29)(H,30,31). The molecular formula is C27H48O6. The van der Waals surface area contributed by atoms with E-state index in [-0.39, 0.29) is 6.61 Å². The van der Waals surface area contributed by atoms with Crippen molar-refractivity contribution in [3.8, 4) is 0 Å². The molecule has 6 heteroatoms. The number of carbonyl (C=O) groups excluding carboxylic acids is 1. The Labute approximate surface area is 200 Å². The van der Waals surface area contributed by atoms with Crippen LogP contribution >= 0.6 is 0 Å². The molecule has 1 rings (SSSR count). The van der Waals surface area contributed by atoms with E-state index in [1.165, 1.54) is 83.5 Å². The highest BCUT2D eigenvalue weighted by molar-refractivity contribution is 5.86. The molecule has 0 radical (unpaired) electrons. The summed E-state index contributed by atoms with van der Waals surface area (Å²) in [5.41, 5.74) is 0. The number of hydrogen-bond acceptors (Lipinski definition) is 4. The first-order valence-electron chi connectivity index (χ1n) is 13.6. The molecule has 0 bridgehead atoms. The Balaban J connectivity index is 1.98. The van der Waals surface area contributed by atoms with Crippen molar-refractivity contribution < 1.29 is 29.3 Å². The molecule has 0 aromatic rings. The quantitative estimate of drug-likeness (QED) is 0.147. The summed E-state index contributed by atoms with van der Waals surface area (Å²) in [4.78, 5) is 35.3. The number of carboxylic acids is 2. The number of aliphatic carboxylic acids is 2. The zero-order chi connectivity index (χ0) is 24.3. The normalized spacial score (nSPS) is 20.5. The Hall–Kier alpha value is -1.59. The molecular weight excluding hydrogens is 420 g/mol. The van der Waals surface area contributed by atoms with Crippen LogP contribution in [-0.4, -0.2) is 34.7 Å². The molecule has 33 heavy (non-hydrogen) atoms.